The van der Waals surface area contributed by atoms with Crippen molar-refractivity contribution >= 4 is 40.1 Å². The average Bonchev–Trinajstić information content (AvgIpc) is 3.20. The van der Waals surface area contributed by atoms with E-state index in [0.29, 0.717) is 28.9 Å². The van der Waals surface area contributed by atoms with Crippen LogP contribution in [0.5, 0.6) is 5.75 Å². The zero-order chi connectivity index (χ0) is 23.8. The van der Waals surface area contributed by atoms with Gasteiger partial charge in [0, 0.05) is 19.5 Å². The highest BCUT2D eigenvalue weighted by molar-refractivity contribution is 6.42. The SMILES string of the molecule is O=C(COc1ccccc1)NCCCCCc1nc2ccccc2n1Cc1ccc(Cl)c(Cl)c1. The van der Waals surface area contributed by atoms with Crippen molar-refractivity contribution in [1.29, 1.82) is 0 Å². The number of carbonyl (C=O) groups is 1. The highest BCUT2D eigenvalue weighted by Gasteiger charge is 2.12. The Balaban J connectivity index is 1.26. The van der Waals surface area contributed by atoms with Gasteiger partial charge in [0.2, 0.25) is 0 Å². The molecule has 1 heterocycles. The minimum absolute atomic E-state index is 0.0305. The largest absolute Gasteiger partial charge is 0.484 e. The first kappa shape index (κ1) is 24.1. The molecular formula is C27H27Cl2N3O2. The zero-order valence-electron chi connectivity index (χ0n) is 18.8. The molecule has 5 nitrogen and oxygen atoms in total. The van der Waals surface area contributed by atoms with Crippen LogP contribution in [0.25, 0.3) is 11.0 Å². The number of carbonyl (C=O) groups excluding carboxylic acids is 1. The molecule has 34 heavy (non-hydrogen) atoms. The molecule has 0 radical (unpaired) electrons. The Morgan fingerprint density at radius 2 is 1.71 bits per heavy atom. The van der Waals surface area contributed by atoms with E-state index in [1.807, 2.05) is 66.7 Å². The predicted molar refractivity (Wildman–Crippen MR) is 138 cm³/mol. The number of aromatic nitrogens is 2. The molecule has 1 N–H and O–H groups in total. The van der Waals surface area contributed by atoms with Crippen molar-refractivity contribution in [2.24, 2.45) is 0 Å². The van der Waals surface area contributed by atoms with Gasteiger partial charge in [-0.15, -0.1) is 0 Å². The molecule has 176 valence electrons. The van der Waals surface area contributed by atoms with E-state index in [2.05, 4.69) is 16.0 Å². The van der Waals surface area contributed by atoms with Crippen LogP contribution in [0.2, 0.25) is 10.0 Å². The number of fused-ring (bicyclic) bond motifs is 1. The number of nitrogens with zero attached hydrogens (tertiary/aromatic N) is 2. The first-order valence-electron chi connectivity index (χ1n) is 11.4. The van der Waals surface area contributed by atoms with Gasteiger partial charge >= 0.3 is 0 Å². The second-order valence-electron chi connectivity index (χ2n) is 8.11. The fourth-order valence-electron chi connectivity index (χ4n) is 3.84. The van der Waals surface area contributed by atoms with Crippen LogP contribution >= 0.6 is 23.2 Å². The number of ether oxygens (including phenoxy) is 1. The highest BCUT2D eigenvalue weighted by atomic mass is 35.5. The first-order valence-corrected chi connectivity index (χ1v) is 12.2. The first-order chi connectivity index (χ1) is 16.6. The van der Waals surface area contributed by atoms with Gasteiger partial charge in [0.05, 0.1) is 21.1 Å². The molecule has 1 aromatic heterocycles. The lowest BCUT2D eigenvalue weighted by molar-refractivity contribution is -0.123. The van der Waals surface area contributed by atoms with E-state index < -0.39 is 0 Å². The van der Waals surface area contributed by atoms with Crippen LogP contribution in [0.4, 0.5) is 0 Å². The fourth-order valence-corrected chi connectivity index (χ4v) is 4.16. The van der Waals surface area contributed by atoms with Gasteiger partial charge in [0.25, 0.3) is 5.91 Å². The van der Waals surface area contributed by atoms with E-state index in [4.69, 9.17) is 32.9 Å². The van der Waals surface area contributed by atoms with Gasteiger partial charge in [0.15, 0.2) is 6.61 Å². The lowest BCUT2D eigenvalue weighted by Gasteiger charge is -2.11. The number of hydrogen-bond acceptors (Lipinski definition) is 3. The van der Waals surface area contributed by atoms with Crippen molar-refractivity contribution in [3.8, 4) is 5.75 Å². The molecule has 0 spiro atoms. The van der Waals surface area contributed by atoms with Crippen molar-refractivity contribution in [3.63, 3.8) is 0 Å². The summed E-state index contributed by atoms with van der Waals surface area (Å²) in [5.74, 6) is 1.64. The number of para-hydroxylation sites is 3. The third-order valence-electron chi connectivity index (χ3n) is 5.57. The maximum absolute atomic E-state index is 12.0. The number of rotatable bonds is 11. The Morgan fingerprint density at radius 3 is 2.53 bits per heavy atom. The summed E-state index contributed by atoms with van der Waals surface area (Å²) in [5.41, 5.74) is 3.18. The zero-order valence-corrected chi connectivity index (χ0v) is 20.4. The van der Waals surface area contributed by atoms with Gasteiger partial charge in [0.1, 0.15) is 11.6 Å². The highest BCUT2D eigenvalue weighted by Crippen LogP contribution is 2.25. The molecule has 0 aliphatic rings. The van der Waals surface area contributed by atoms with Gasteiger partial charge in [-0.2, -0.15) is 0 Å². The van der Waals surface area contributed by atoms with E-state index in [-0.39, 0.29) is 12.5 Å². The lowest BCUT2D eigenvalue weighted by atomic mass is 10.1. The standard InChI is InChI=1S/C27H27Cl2N3O2/c28-22-15-14-20(17-23(22)29)18-32-25-12-7-6-11-24(25)31-26(32)13-5-2-8-16-30-27(33)19-34-21-9-3-1-4-10-21/h1,3-4,6-7,9-12,14-15,17H,2,5,8,13,16,18-19H2,(H,30,33). The normalized spacial score (nSPS) is 11.0. The van der Waals surface area contributed by atoms with E-state index >= 15 is 0 Å². The Kier molecular flexibility index (Phi) is 8.45. The number of imidazole rings is 1. The van der Waals surface area contributed by atoms with E-state index in [9.17, 15) is 4.79 Å². The van der Waals surface area contributed by atoms with Crippen molar-refractivity contribution in [1.82, 2.24) is 14.9 Å². The van der Waals surface area contributed by atoms with E-state index in [1.54, 1.807) is 0 Å². The molecule has 4 rings (SSSR count). The third-order valence-corrected chi connectivity index (χ3v) is 6.31. The summed E-state index contributed by atoms with van der Waals surface area (Å²) in [7, 11) is 0. The molecule has 0 aliphatic carbocycles. The summed E-state index contributed by atoms with van der Waals surface area (Å²) in [6.07, 6.45) is 3.75. The van der Waals surface area contributed by atoms with E-state index in [0.717, 1.165) is 48.1 Å². The van der Waals surface area contributed by atoms with Crippen molar-refractivity contribution in [2.45, 2.75) is 32.2 Å². The minimum atomic E-state index is -0.104. The Morgan fingerprint density at radius 1 is 0.912 bits per heavy atom. The number of hydrogen-bond donors (Lipinski definition) is 1. The smallest absolute Gasteiger partial charge is 0.257 e. The summed E-state index contributed by atoms with van der Waals surface area (Å²) in [6, 6.07) is 23.3. The summed E-state index contributed by atoms with van der Waals surface area (Å²) >= 11 is 12.3. The van der Waals surface area contributed by atoms with Crippen LogP contribution in [-0.4, -0.2) is 28.6 Å². The molecule has 0 saturated carbocycles. The number of amides is 1. The van der Waals surface area contributed by atoms with Crippen molar-refractivity contribution in [3.05, 3.63) is 94.2 Å². The van der Waals surface area contributed by atoms with Gasteiger partial charge in [-0.1, -0.05) is 66.0 Å². The van der Waals surface area contributed by atoms with Gasteiger partial charge in [-0.3, -0.25) is 4.79 Å². The van der Waals surface area contributed by atoms with Crippen LogP contribution in [0.1, 0.15) is 30.7 Å². The summed E-state index contributed by atoms with van der Waals surface area (Å²) < 4.78 is 7.72. The number of halogens is 2. The van der Waals surface area contributed by atoms with Gasteiger partial charge in [-0.25, -0.2) is 4.98 Å². The maximum Gasteiger partial charge on any atom is 0.257 e. The fraction of sp³-hybridized carbons (Fsp3) is 0.259. The Bertz CT molecular complexity index is 1240. The molecule has 0 fully saturated rings. The van der Waals surface area contributed by atoms with Crippen LogP contribution in [0.3, 0.4) is 0 Å². The predicted octanol–water partition coefficient (Wildman–Crippen LogP) is 6.30. The number of benzene rings is 3. The van der Waals surface area contributed by atoms with Gasteiger partial charge < -0.3 is 14.6 Å². The Labute approximate surface area is 209 Å². The van der Waals surface area contributed by atoms with Crippen LogP contribution < -0.4 is 10.1 Å². The maximum atomic E-state index is 12.0. The second-order valence-corrected chi connectivity index (χ2v) is 8.93. The molecule has 0 saturated heterocycles. The number of aryl methyl sites for hydroxylation is 1. The third kappa shape index (κ3) is 6.52. The second kappa shape index (κ2) is 11.9. The monoisotopic (exact) mass is 495 g/mol. The quantitative estimate of drug-likeness (QED) is 0.248. The molecule has 3 aromatic carbocycles. The molecular weight excluding hydrogens is 469 g/mol. The van der Waals surface area contributed by atoms with E-state index in [1.165, 1.54) is 0 Å². The van der Waals surface area contributed by atoms with Crippen molar-refractivity contribution < 1.29 is 9.53 Å². The summed E-state index contributed by atoms with van der Waals surface area (Å²) in [4.78, 5) is 16.8. The summed E-state index contributed by atoms with van der Waals surface area (Å²) in [6.45, 7) is 1.35. The molecule has 0 atom stereocenters. The molecule has 0 unspecified atom stereocenters. The Hall–Kier alpha value is -3.02. The van der Waals surface area contributed by atoms with Gasteiger partial charge in [-0.05, 0) is 54.8 Å². The lowest BCUT2D eigenvalue weighted by Crippen LogP contribution is -2.29. The summed E-state index contributed by atoms with van der Waals surface area (Å²) in [5, 5.41) is 4.03. The minimum Gasteiger partial charge on any atom is -0.484 e. The molecule has 0 aliphatic heterocycles. The molecule has 1 amide bonds. The molecule has 7 heteroatoms. The number of nitrogens with one attached hydrogen (secondary N) is 1. The van der Waals surface area contributed by atoms with Crippen LogP contribution in [0, 0.1) is 0 Å². The van der Waals surface area contributed by atoms with Crippen molar-refractivity contribution in [2.75, 3.05) is 13.2 Å². The average molecular weight is 496 g/mol. The van der Waals surface area contributed by atoms with Crippen LogP contribution in [-0.2, 0) is 17.8 Å². The number of unbranched alkanes of at least 4 members (excludes halogenated alkanes) is 2. The topological polar surface area (TPSA) is 56.1 Å². The van der Waals surface area contributed by atoms with Crippen LogP contribution in [0.15, 0.2) is 72.8 Å². The molecule has 0 bridgehead atoms. The molecule has 4 aromatic rings.